The average molecular weight is 462 g/mol. The predicted octanol–water partition coefficient (Wildman–Crippen LogP) is 3.67. The van der Waals surface area contributed by atoms with Gasteiger partial charge < -0.3 is 24.3 Å². The summed E-state index contributed by atoms with van der Waals surface area (Å²) < 4.78 is 13.1. The lowest BCUT2D eigenvalue weighted by molar-refractivity contribution is -0.133. The van der Waals surface area contributed by atoms with E-state index in [1.807, 2.05) is 66.9 Å². The van der Waals surface area contributed by atoms with Gasteiger partial charge in [0.2, 0.25) is 5.91 Å². The van der Waals surface area contributed by atoms with E-state index in [9.17, 15) is 9.59 Å². The first-order chi connectivity index (χ1) is 16.4. The van der Waals surface area contributed by atoms with Gasteiger partial charge in [0.05, 0.1) is 25.3 Å². The van der Waals surface area contributed by atoms with Crippen molar-refractivity contribution in [3.63, 3.8) is 0 Å². The summed E-state index contributed by atoms with van der Waals surface area (Å²) >= 11 is 0. The van der Waals surface area contributed by atoms with Gasteiger partial charge in [-0.2, -0.15) is 0 Å². The van der Waals surface area contributed by atoms with Crippen LogP contribution >= 0.6 is 0 Å². The molecular formula is C27H31N3O4. The molecule has 2 amide bonds. The first-order valence-corrected chi connectivity index (χ1v) is 11.8. The third-order valence-corrected chi connectivity index (χ3v) is 7.10. The van der Waals surface area contributed by atoms with Gasteiger partial charge in [-0.15, -0.1) is 0 Å². The summed E-state index contributed by atoms with van der Waals surface area (Å²) in [5.41, 5.74) is 2.54. The number of nitrogens with one attached hydrogen (secondary N) is 1. The molecule has 1 N–H and O–H groups in total. The van der Waals surface area contributed by atoms with E-state index in [-0.39, 0.29) is 17.9 Å². The summed E-state index contributed by atoms with van der Waals surface area (Å²) in [6, 6.07) is 15.8. The Labute approximate surface area is 199 Å². The van der Waals surface area contributed by atoms with Gasteiger partial charge in [-0.25, -0.2) is 0 Å². The number of benzene rings is 2. The van der Waals surface area contributed by atoms with Gasteiger partial charge in [-0.05, 0) is 50.5 Å². The Balaban J connectivity index is 1.53. The van der Waals surface area contributed by atoms with Crippen molar-refractivity contribution in [2.24, 2.45) is 0 Å². The number of nitrogens with zero attached hydrogens (tertiary/aromatic N) is 2. The molecule has 0 saturated carbocycles. The largest absolute Gasteiger partial charge is 0.497 e. The zero-order chi connectivity index (χ0) is 23.9. The Hall–Kier alpha value is -3.32. The number of ether oxygens (including phenoxy) is 2. The van der Waals surface area contributed by atoms with Crippen LogP contribution in [0.5, 0.6) is 5.75 Å². The van der Waals surface area contributed by atoms with Gasteiger partial charge in [0.1, 0.15) is 17.0 Å². The molecule has 7 nitrogen and oxygen atoms in total. The molecule has 0 aliphatic carbocycles. The molecule has 0 bridgehead atoms. The molecule has 34 heavy (non-hydrogen) atoms. The summed E-state index contributed by atoms with van der Waals surface area (Å²) in [7, 11) is 1.62. The van der Waals surface area contributed by atoms with Crippen LogP contribution in [0.2, 0.25) is 0 Å². The van der Waals surface area contributed by atoms with E-state index in [0.29, 0.717) is 31.1 Å². The monoisotopic (exact) mass is 461 g/mol. The minimum absolute atomic E-state index is 0.0321. The standard InChI is InChI=1S/C27H31N3O4/c1-18-6-8-19(9-7-18)16-30-25(31)24-13-20-10-11-21(33-3)14-23(20)29(24)17-27(30,2)26(32)28-15-22-5-4-12-34-22/h6-11,13-14,22H,4-5,12,15-17H2,1-3H3,(H,28,32)/t22-,27-/m1/s1. The fourth-order valence-corrected chi connectivity index (χ4v) is 4.98. The van der Waals surface area contributed by atoms with Crippen molar-refractivity contribution in [2.45, 2.75) is 51.4 Å². The van der Waals surface area contributed by atoms with E-state index in [0.717, 1.165) is 41.5 Å². The zero-order valence-electron chi connectivity index (χ0n) is 20.0. The minimum atomic E-state index is -1.07. The average Bonchev–Trinajstić information content (AvgIpc) is 3.49. The van der Waals surface area contributed by atoms with E-state index in [1.165, 1.54) is 0 Å². The minimum Gasteiger partial charge on any atom is -0.497 e. The lowest BCUT2D eigenvalue weighted by atomic mass is 9.93. The second-order valence-electron chi connectivity index (χ2n) is 9.54. The third-order valence-electron chi connectivity index (χ3n) is 7.10. The van der Waals surface area contributed by atoms with E-state index in [2.05, 4.69) is 5.32 Å². The molecule has 2 aromatic carbocycles. The number of carbonyl (C=O) groups is 2. The van der Waals surface area contributed by atoms with Crippen LogP contribution in [-0.4, -0.2) is 53.2 Å². The third kappa shape index (κ3) is 3.94. The smallest absolute Gasteiger partial charge is 0.271 e. The first kappa shape index (κ1) is 22.5. The molecule has 0 unspecified atom stereocenters. The number of aromatic nitrogens is 1. The van der Waals surface area contributed by atoms with Crippen LogP contribution in [0, 0.1) is 6.92 Å². The van der Waals surface area contributed by atoms with Crippen LogP contribution < -0.4 is 10.1 Å². The van der Waals surface area contributed by atoms with Gasteiger partial charge in [-0.3, -0.25) is 9.59 Å². The fraction of sp³-hybridized carbons (Fsp3) is 0.407. The molecule has 3 heterocycles. The summed E-state index contributed by atoms with van der Waals surface area (Å²) in [6.07, 6.45) is 1.98. The molecule has 1 aromatic heterocycles. The second-order valence-corrected chi connectivity index (χ2v) is 9.54. The van der Waals surface area contributed by atoms with Crippen molar-refractivity contribution in [3.8, 4) is 5.75 Å². The van der Waals surface area contributed by atoms with E-state index in [4.69, 9.17) is 9.47 Å². The van der Waals surface area contributed by atoms with Crippen LogP contribution in [0.3, 0.4) is 0 Å². The highest BCUT2D eigenvalue weighted by atomic mass is 16.5. The zero-order valence-corrected chi connectivity index (χ0v) is 20.0. The molecule has 3 aromatic rings. The maximum absolute atomic E-state index is 13.9. The Morgan fingerprint density at radius 1 is 1.21 bits per heavy atom. The van der Waals surface area contributed by atoms with Crippen molar-refractivity contribution in [1.82, 2.24) is 14.8 Å². The summed E-state index contributed by atoms with van der Waals surface area (Å²) in [5, 5.41) is 4.03. The van der Waals surface area contributed by atoms with Crippen molar-refractivity contribution < 1.29 is 19.1 Å². The Bertz CT molecular complexity index is 1230. The van der Waals surface area contributed by atoms with Crippen molar-refractivity contribution >= 4 is 22.7 Å². The lowest BCUT2D eigenvalue weighted by Crippen LogP contribution is -2.64. The van der Waals surface area contributed by atoms with E-state index >= 15 is 0 Å². The van der Waals surface area contributed by atoms with Gasteiger partial charge in [0.15, 0.2) is 0 Å². The molecular weight excluding hydrogens is 430 g/mol. The molecule has 0 radical (unpaired) electrons. The molecule has 1 saturated heterocycles. The van der Waals surface area contributed by atoms with Crippen LogP contribution in [0.25, 0.3) is 10.9 Å². The van der Waals surface area contributed by atoms with Crippen LogP contribution in [0.15, 0.2) is 48.5 Å². The van der Waals surface area contributed by atoms with Crippen molar-refractivity contribution in [2.75, 3.05) is 20.3 Å². The number of fused-ring (bicyclic) bond motifs is 3. The molecule has 178 valence electrons. The summed E-state index contributed by atoms with van der Waals surface area (Å²) in [4.78, 5) is 29.2. The lowest BCUT2D eigenvalue weighted by Gasteiger charge is -2.44. The van der Waals surface area contributed by atoms with Crippen molar-refractivity contribution in [3.05, 3.63) is 65.4 Å². The van der Waals surface area contributed by atoms with Crippen LogP contribution in [0.4, 0.5) is 0 Å². The molecule has 0 spiro atoms. The SMILES string of the molecule is COc1ccc2cc3n(c2c1)C[C@](C)(C(=O)NC[C@H]1CCCO1)N(Cc1ccc(C)cc1)C3=O. The number of hydrogen-bond donors (Lipinski definition) is 1. The Kier molecular flexibility index (Phi) is 5.81. The number of carbonyl (C=O) groups excluding carboxylic acids is 2. The second kappa shape index (κ2) is 8.80. The van der Waals surface area contributed by atoms with Crippen molar-refractivity contribution in [1.29, 1.82) is 0 Å². The first-order valence-electron chi connectivity index (χ1n) is 11.8. The molecule has 1 fully saturated rings. The predicted molar refractivity (Wildman–Crippen MR) is 130 cm³/mol. The topological polar surface area (TPSA) is 72.8 Å². The quantitative estimate of drug-likeness (QED) is 0.608. The number of rotatable bonds is 6. The highest BCUT2D eigenvalue weighted by Gasteiger charge is 2.47. The van der Waals surface area contributed by atoms with Gasteiger partial charge in [0, 0.05) is 31.1 Å². The molecule has 2 atom stereocenters. The normalized spacial score (nSPS) is 22.1. The number of hydrogen-bond acceptors (Lipinski definition) is 4. The summed E-state index contributed by atoms with van der Waals surface area (Å²) in [6.45, 7) is 5.79. The van der Waals surface area contributed by atoms with Crippen LogP contribution in [0.1, 0.15) is 41.4 Å². The Morgan fingerprint density at radius 2 is 2.00 bits per heavy atom. The molecule has 2 aliphatic heterocycles. The maximum atomic E-state index is 13.9. The maximum Gasteiger partial charge on any atom is 0.271 e. The van der Waals surface area contributed by atoms with Gasteiger partial charge in [0.25, 0.3) is 5.91 Å². The molecule has 7 heteroatoms. The number of amides is 2. The summed E-state index contributed by atoms with van der Waals surface area (Å²) in [5.74, 6) is 0.392. The fourth-order valence-electron chi connectivity index (χ4n) is 4.98. The molecule has 5 rings (SSSR count). The number of aryl methyl sites for hydroxylation is 1. The van der Waals surface area contributed by atoms with Crippen LogP contribution in [-0.2, 0) is 22.6 Å². The molecule has 2 aliphatic rings. The Morgan fingerprint density at radius 3 is 2.71 bits per heavy atom. The van der Waals surface area contributed by atoms with Gasteiger partial charge in [-0.1, -0.05) is 29.8 Å². The highest BCUT2D eigenvalue weighted by Crippen LogP contribution is 2.35. The highest BCUT2D eigenvalue weighted by molar-refractivity contribution is 6.03. The number of methoxy groups -OCH3 is 1. The van der Waals surface area contributed by atoms with Gasteiger partial charge >= 0.3 is 0 Å². The van der Waals surface area contributed by atoms with E-state index < -0.39 is 5.54 Å². The van der Waals surface area contributed by atoms with E-state index in [1.54, 1.807) is 12.0 Å².